The van der Waals surface area contributed by atoms with Crippen LogP contribution in [0.2, 0.25) is 0 Å². The Kier molecular flexibility index (Phi) is 33.5. The van der Waals surface area contributed by atoms with Crippen LogP contribution in [0.3, 0.4) is 0 Å². The third kappa shape index (κ3) is 28.8. The SMILES string of the molecule is CC[C@H](C)[C@H](NC(=O)[C@H](CCCN=C(N)N)NC(=O)[C@H](CCCN=C(N)N)NC(=O)[C@H](NC(=O)[C@H](Cc1ccccc1)NC(=O)CNC(=O)CNC(=O)[C@@H](N)Cc1ccc(O)cc1)C(C)(C)S)C(=O)N[C@@H](CCCN=C(N)N)C(=O)N1CCC[C@H]1C(=O)N[C@@H](C(N)=O)C(C)(C)S. The highest BCUT2D eigenvalue weighted by molar-refractivity contribution is 7.82. The second kappa shape index (κ2) is 39.7. The van der Waals surface area contributed by atoms with E-state index in [4.69, 9.17) is 45.9 Å². The van der Waals surface area contributed by atoms with Gasteiger partial charge < -0.3 is 104 Å². The minimum atomic E-state index is -1.55. The average molecular weight is 1380 g/mol. The zero-order valence-corrected chi connectivity index (χ0v) is 57.0. The molecule has 2 aromatic carbocycles. The number of hydrogen-bond acceptors (Lipinski definition) is 18. The van der Waals surface area contributed by atoms with Gasteiger partial charge in [0.2, 0.25) is 65.0 Å². The molecule has 1 heterocycles. The fourth-order valence-electron chi connectivity index (χ4n) is 10.0. The van der Waals surface area contributed by atoms with E-state index in [0.717, 1.165) is 0 Å². The molecule has 1 saturated heterocycles. The number of likely N-dealkylation sites (tertiary alicyclic amines) is 1. The summed E-state index contributed by atoms with van der Waals surface area (Å²) in [4.78, 5) is 166. The lowest BCUT2D eigenvalue weighted by atomic mass is 9.96. The van der Waals surface area contributed by atoms with E-state index in [2.05, 4.69) is 88.1 Å². The van der Waals surface area contributed by atoms with Crippen LogP contribution in [0.5, 0.6) is 5.75 Å². The summed E-state index contributed by atoms with van der Waals surface area (Å²) in [7, 11) is 0. The number of aromatic hydroxyl groups is 1. The number of nitrogens with zero attached hydrogens (tertiary/aromatic N) is 4. The predicted octanol–water partition coefficient (Wildman–Crippen LogP) is -4.77. The summed E-state index contributed by atoms with van der Waals surface area (Å²) >= 11 is 9.10. The van der Waals surface area contributed by atoms with Crippen molar-refractivity contribution in [3.63, 3.8) is 0 Å². The molecule has 0 aromatic heterocycles. The highest BCUT2D eigenvalue weighted by Gasteiger charge is 2.43. The molecule has 1 aliphatic rings. The smallest absolute Gasteiger partial charge is 0.245 e. The molecule has 3 rings (SSSR count). The van der Waals surface area contributed by atoms with Crippen LogP contribution in [-0.2, 0) is 65.6 Å². The maximum atomic E-state index is 14.7. The van der Waals surface area contributed by atoms with Crippen LogP contribution in [0.1, 0.15) is 110 Å². The number of aliphatic imine (C=N–C) groups is 3. The molecule has 0 unspecified atom stereocenters. The number of benzene rings is 2. The third-order valence-corrected chi connectivity index (χ3v) is 15.9. The predicted molar refractivity (Wildman–Crippen MR) is 369 cm³/mol. The number of hydrogen-bond donors (Lipinski definition) is 20. The third-order valence-electron chi connectivity index (χ3n) is 15.4. The lowest BCUT2D eigenvalue weighted by molar-refractivity contribution is -0.143. The van der Waals surface area contributed by atoms with Crippen molar-refractivity contribution in [2.75, 3.05) is 39.3 Å². The van der Waals surface area contributed by atoms with E-state index in [9.17, 15) is 57.8 Å². The zero-order valence-electron chi connectivity index (χ0n) is 55.2. The van der Waals surface area contributed by atoms with Crippen LogP contribution >= 0.6 is 25.3 Å². The van der Waals surface area contributed by atoms with Gasteiger partial charge in [-0.1, -0.05) is 62.7 Å². The molecule has 0 bridgehead atoms. The van der Waals surface area contributed by atoms with Gasteiger partial charge in [0.05, 0.1) is 19.1 Å². The maximum Gasteiger partial charge on any atom is 0.245 e. The monoisotopic (exact) mass is 1380 g/mol. The molecule has 10 atom stereocenters. The van der Waals surface area contributed by atoms with Crippen molar-refractivity contribution >= 4 is 108 Å². The first kappa shape index (κ1) is 81.1. The van der Waals surface area contributed by atoms with E-state index in [1.165, 1.54) is 30.9 Å². The van der Waals surface area contributed by atoms with Gasteiger partial charge in [0, 0.05) is 42.1 Å². The average Bonchev–Trinajstić information content (AvgIpc) is 1.57. The number of carbonyl (C=O) groups is 11. The van der Waals surface area contributed by atoms with E-state index in [1.807, 2.05) is 0 Å². The Morgan fingerprint density at radius 1 is 0.562 bits per heavy atom. The van der Waals surface area contributed by atoms with Crippen LogP contribution in [0.4, 0.5) is 0 Å². The van der Waals surface area contributed by atoms with E-state index in [1.54, 1.807) is 70.2 Å². The lowest BCUT2D eigenvalue weighted by Gasteiger charge is -2.33. The largest absolute Gasteiger partial charge is 0.508 e. The molecule has 0 saturated carbocycles. The number of nitrogens with one attached hydrogen (secondary N) is 9. The number of phenolic OH excluding ortho intramolecular Hbond substituents is 1. The topological polar surface area (TPSA) is 565 Å². The molecule has 1 fully saturated rings. The van der Waals surface area contributed by atoms with Gasteiger partial charge in [-0.05, 0) is 115 Å². The second-order valence-electron chi connectivity index (χ2n) is 24.5. The van der Waals surface area contributed by atoms with Gasteiger partial charge in [0.25, 0.3) is 0 Å². The van der Waals surface area contributed by atoms with Gasteiger partial charge in [-0.2, -0.15) is 25.3 Å². The van der Waals surface area contributed by atoms with Crippen LogP contribution in [0.15, 0.2) is 69.6 Å². The number of primary amides is 1. The van der Waals surface area contributed by atoms with Crippen molar-refractivity contribution in [2.45, 2.75) is 176 Å². The Morgan fingerprint density at radius 3 is 1.55 bits per heavy atom. The normalized spacial score (nSPS) is 15.7. The summed E-state index contributed by atoms with van der Waals surface area (Å²) in [6, 6.07) is 2.74. The highest BCUT2D eigenvalue weighted by Crippen LogP contribution is 2.24. The Balaban J connectivity index is 1.94. The lowest BCUT2D eigenvalue weighted by Crippen LogP contribution is -2.63. The molecule has 11 amide bonds. The molecular weight excluding hydrogens is 1280 g/mol. The summed E-state index contributed by atoms with van der Waals surface area (Å²) < 4.78 is -2.47. The summed E-state index contributed by atoms with van der Waals surface area (Å²) in [5, 5.41) is 33.2. The Hall–Kier alpha value is -9.12. The van der Waals surface area contributed by atoms with Gasteiger partial charge in [0.15, 0.2) is 17.9 Å². The standard InChI is InChI=1S/C61H99N21O12S2/c1-7-33(2)45(54(92)78-40(19-13-27-72-59(68)69)56(94)82-28-14-20-42(82)53(91)80-46(48(63)86)60(3,4)95)79-51(89)39(18-12-26-71-58(66)67)76-50(88)38(17-11-25-70-57(64)65)77-55(93)47(61(5,6)96)81-52(90)41(30-34-15-9-8-10-16-34)75-44(85)32-73-43(84)31-74-49(87)37(62)29-35-21-23-36(83)24-22-35/h8-10,15-16,21-24,33,37-42,45-47,83,95-96H,7,11-14,17-20,25-32,62H2,1-6H3,(H2,63,86)(H,73,84)(H,74,87)(H,75,85)(H,76,88)(H,77,93)(H,78,92)(H,79,89)(H,80,91)(H,81,90)(H4,64,65,70)(H4,66,67,71)(H4,68,69,72)/t33-,37-,38-,39-,40-,41-,42-,45-,46-,47-/m0/s1. The van der Waals surface area contributed by atoms with Crippen molar-refractivity contribution in [1.82, 2.24) is 52.8 Å². The molecule has 532 valence electrons. The van der Waals surface area contributed by atoms with E-state index >= 15 is 0 Å². The van der Waals surface area contributed by atoms with Crippen LogP contribution in [-0.4, -0.2) is 196 Å². The maximum absolute atomic E-state index is 14.7. The summed E-state index contributed by atoms with van der Waals surface area (Å²) in [6.45, 7) is 8.58. The van der Waals surface area contributed by atoms with E-state index in [0.29, 0.717) is 24.0 Å². The molecule has 26 N–H and O–H groups in total. The number of nitrogens with two attached hydrogens (primary N) is 8. The molecular formula is C61H99N21O12S2. The number of thiol groups is 2. The van der Waals surface area contributed by atoms with Gasteiger partial charge >= 0.3 is 0 Å². The van der Waals surface area contributed by atoms with E-state index in [-0.39, 0.29) is 108 Å². The number of phenols is 1. The van der Waals surface area contributed by atoms with Crippen molar-refractivity contribution < 1.29 is 57.8 Å². The number of amides is 11. The van der Waals surface area contributed by atoms with Crippen molar-refractivity contribution in [3.05, 3.63) is 65.7 Å². The van der Waals surface area contributed by atoms with Crippen LogP contribution < -0.4 is 93.7 Å². The Labute approximate surface area is 569 Å². The van der Waals surface area contributed by atoms with Crippen molar-refractivity contribution in [3.8, 4) is 5.75 Å². The summed E-state index contributed by atoms with van der Waals surface area (Å²) in [5.74, 6) is -10.1. The minimum Gasteiger partial charge on any atom is -0.508 e. The number of guanidine groups is 3. The fraction of sp³-hybridized carbons (Fsp3) is 0.574. The first-order valence-corrected chi connectivity index (χ1v) is 32.4. The number of rotatable bonds is 40. The second-order valence-corrected chi connectivity index (χ2v) is 26.8. The molecule has 96 heavy (non-hydrogen) atoms. The molecule has 0 spiro atoms. The molecule has 0 radical (unpaired) electrons. The molecule has 2 aromatic rings. The summed E-state index contributed by atoms with van der Waals surface area (Å²) in [6.07, 6.45) is 0.929. The van der Waals surface area contributed by atoms with Gasteiger partial charge in [-0.25, -0.2) is 0 Å². The van der Waals surface area contributed by atoms with E-state index < -0.39 is 148 Å². The number of carbonyl (C=O) groups excluding carboxylic acids is 11. The molecule has 1 aliphatic heterocycles. The van der Waals surface area contributed by atoms with Crippen molar-refractivity contribution in [2.24, 2.45) is 66.8 Å². The first-order chi connectivity index (χ1) is 45.0. The van der Waals surface area contributed by atoms with Crippen LogP contribution in [0, 0.1) is 5.92 Å². The quantitative estimate of drug-likeness (QED) is 0.0129. The molecule has 33 nitrogen and oxygen atoms in total. The summed E-state index contributed by atoms with van der Waals surface area (Å²) in [5.41, 5.74) is 46.4. The fourth-order valence-corrected chi connectivity index (χ4v) is 10.4. The Morgan fingerprint density at radius 2 is 1.04 bits per heavy atom. The highest BCUT2D eigenvalue weighted by atomic mass is 32.1. The van der Waals surface area contributed by atoms with Gasteiger partial charge in [-0.3, -0.25) is 67.7 Å². The van der Waals surface area contributed by atoms with Crippen molar-refractivity contribution in [1.29, 1.82) is 0 Å². The van der Waals surface area contributed by atoms with Crippen LogP contribution in [0.25, 0.3) is 0 Å². The first-order valence-electron chi connectivity index (χ1n) is 31.5. The van der Waals surface area contributed by atoms with Gasteiger partial charge in [0.1, 0.15) is 54.1 Å². The Bertz CT molecular complexity index is 3060. The molecule has 0 aliphatic carbocycles. The minimum absolute atomic E-state index is 0.0106. The molecule has 35 heteroatoms. The zero-order chi connectivity index (χ0) is 72.0. The van der Waals surface area contributed by atoms with Gasteiger partial charge in [-0.15, -0.1) is 0 Å².